The first kappa shape index (κ1) is 12.1. The van der Waals surface area contributed by atoms with Gasteiger partial charge in [0.1, 0.15) is 6.07 Å². The number of nitro groups is 1. The molecule has 16 heavy (non-hydrogen) atoms. The van der Waals surface area contributed by atoms with Gasteiger partial charge < -0.3 is 4.74 Å². The molecular weight excluding hydrogens is 232 g/mol. The molecule has 0 spiro atoms. The van der Waals surface area contributed by atoms with E-state index >= 15 is 0 Å². The molecule has 7 heteroatoms. The molecule has 0 saturated carbocycles. The normalized spacial score (nSPS) is 9.56. The fourth-order valence-corrected chi connectivity index (χ4v) is 2.09. The van der Waals surface area contributed by atoms with Gasteiger partial charge in [-0.1, -0.05) is 11.3 Å². The highest BCUT2D eigenvalue weighted by Crippen LogP contribution is 2.34. The van der Waals surface area contributed by atoms with Crippen molar-refractivity contribution in [3.63, 3.8) is 0 Å². The monoisotopic (exact) mass is 240 g/mol. The van der Waals surface area contributed by atoms with E-state index in [0.29, 0.717) is 4.88 Å². The van der Waals surface area contributed by atoms with Gasteiger partial charge in [0, 0.05) is 4.88 Å². The number of aryl methyl sites for hydroxylation is 1. The molecule has 1 heterocycles. The summed E-state index contributed by atoms with van der Waals surface area (Å²) in [5, 5.41) is 19.2. The maximum atomic E-state index is 11.5. The third kappa shape index (κ3) is 2.01. The number of rotatable bonds is 3. The van der Waals surface area contributed by atoms with Crippen molar-refractivity contribution in [2.75, 3.05) is 6.61 Å². The first-order valence-corrected chi connectivity index (χ1v) is 5.19. The Labute approximate surface area is 95.2 Å². The summed E-state index contributed by atoms with van der Waals surface area (Å²) in [5.74, 6) is -0.824. The molecule has 0 atom stereocenters. The second-order valence-corrected chi connectivity index (χ2v) is 4.01. The topological polar surface area (TPSA) is 93.2 Å². The molecule has 0 aliphatic rings. The van der Waals surface area contributed by atoms with Crippen molar-refractivity contribution >= 4 is 22.3 Å². The van der Waals surface area contributed by atoms with Gasteiger partial charge in [0.15, 0.2) is 5.56 Å². The molecule has 0 fully saturated rings. The SMILES string of the molecule is CCOC(=O)c1c([N+](=O)[O-])sc(C)c1C#N. The van der Waals surface area contributed by atoms with E-state index in [1.807, 2.05) is 0 Å². The summed E-state index contributed by atoms with van der Waals surface area (Å²) in [5.41, 5.74) is -0.216. The largest absolute Gasteiger partial charge is 0.462 e. The highest BCUT2D eigenvalue weighted by atomic mass is 32.1. The maximum absolute atomic E-state index is 11.5. The van der Waals surface area contributed by atoms with Gasteiger partial charge in [0.05, 0.1) is 17.1 Å². The first-order valence-electron chi connectivity index (χ1n) is 4.37. The lowest BCUT2D eigenvalue weighted by Crippen LogP contribution is -2.07. The van der Waals surface area contributed by atoms with E-state index in [4.69, 9.17) is 5.26 Å². The smallest absolute Gasteiger partial charge is 0.347 e. The van der Waals surface area contributed by atoms with Gasteiger partial charge >= 0.3 is 11.0 Å². The van der Waals surface area contributed by atoms with Gasteiger partial charge in [-0.15, -0.1) is 0 Å². The fraction of sp³-hybridized carbons (Fsp3) is 0.333. The minimum absolute atomic E-state index is 0.0233. The second-order valence-electron chi connectivity index (χ2n) is 2.80. The summed E-state index contributed by atoms with van der Waals surface area (Å²) < 4.78 is 4.69. The molecule has 1 rings (SSSR count). The van der Waals surface area contributed by atoms with E-state index in [0.717, 1.165) is 11.3 Å². The molecule has 0 bridgehead atoms. The lowest BCUT2D eigenvalue weighted by Gasteiger charge is -1.99. The van der Waals surface area contributed by atoms with Crippen molar-refractivity contribution in [3.05, 3.63) is 26.1 Å². The number of nitrogens with zero attached hydrogens (tertiary/aromatic N) is 2. The standard InChI is InChI=1S/C9H8N2O4S/c1-3-15-9(12)7-6(4-10)5(2)16-8(7)11(13)14/h3H2,1-2H3. The van der Waals surface area contributed by atoms with Crippen LogP contribution in [0.2, 0.25) is 0 Å². The fourth-order valence-electron chi connectivity index (χ4n) is 1.19. The van der Waals surface area contributed by atoms with Gasteiger partial charge in [0.25, 0.3) is 0 Å². The van der Waals surface area contributed by atoms with Crippen LogP contribution in [0.3, 0.4) is 0 Å². The molecule has 0 aromatic carbocycles. The third-order valence-electron chi connectivity index (χ3n) is 1.82. The Hall–Kier alpha value is -1.94. The zero-order chi connectivity index (χ0) is 12.3. The molecule has 0 amide bonds. The number of hydrogen-bond donors (Lipinski definition) is 0. The second kappa shape index (κ2) is 4.72. The highest BCUT2D eigenvalue weighted by Gasteiger charge is 2.30. The average molecular weight is 240 g/mol. The van der Waals surface area contributed by atoms with Crippen LogP contribution in [0.15, 0.2) is 0 Å². The number of hydrogen-bond acceptors (Lipinski definition) is 6. The molecule has 0 aliphatic heterocycles. The van der Waals surface area contributed by atoms with Crippen molar-refractivity contribution in [2.24, 2.45) is 0 Å². The summed E-state index contributed by atoms with van der Waals surface area (Å²) in [6, 6.07) is 1.78. The van der Waals surface area contributed by atoms with E-state index in [-0.39, 0.29) is 22.7 Å². The van der Waals surface area contributed by atoms with Gasteiger partial charge in [-0.05, 0) is 13.8 Å². The van der Waals surface area contributed by atoms with Crippen LogP contribution < -0.4 is 0 Å². The van der Waals surface area contributed by atoms with Gasteiger partial charge in [0.2, 0.25) is 0 Å². The molecule has 6 nitrogen and oxygen atoms in total. The summed E-state index contributed by atoms with van der Waals surface area (Å²) in [4.78, 5) is 22.0. The Balaban J connectivity index is 3.38. The van der Waals surface area contributed by atoms with E-state index in [9.17, 15) is 14.9 Å². The predicted octanol–water partition coefficient (Wildman–Crippen LogP) is 2.01. The molecule has 84 valence electrons. The molecule has 0 unspecified atom stereocenters. The molecule has 0 N–H and O–H groups in total. The Morgan fingerprint density at radius 1 is 1.69 bits per heavy atom. The number of carbonyl (C=O) groups is 1. The van der Waals surface area contributed by atoms with Crippen molar-refractivity contribution in [3.8, 4) is 6.07 Å². The lowest BCUT2D eigenvalue weighted by molar-refractivity contribution is -0.380. The predicted molar refractivity (Wildman–Crippen MR) is 56.4 cm³/mol. The molecule has 1 aromatic heterocycles. The van der Waals surface area contributed by atoms with E-state index in [2.05, 4.69) is 4.74 Å². The Bertz CT molecular complexity index is 486. The summed E-state index contributed by atoms with van der Waals surface area (Å²) in [6.45, 7) is 3.25. The van der Waals surface area contributed by atoms with Crippen LogP contribution in [0.1, 0.15) is 27.7 Å². The van der Waals surface area contributed by atoms with Crippen molar-refractivity contribution < 1.29 is 14.5 Å². The lowest BCUT2D eigenvalue weighted by atomic mass is 10.1. The Kier molecular flexibility index (Phi) is 3.58. The number of ether oxygens (including phenoxy) is 1. The number of nitriles is 1. The van der Waals surface area contributed by atoms with Crippen LogP contribution in [-0.2, 0) is 4.74 Å². The van der Waals surface area contributed by atoms with Crippen molar-refractivity contribution in [1.82, 2.24) is 0 Å². The zero-order valence-electron chi connectivity index (χ0n) is 8.64. The van der Waals surface area contributed by atoms with Gasteiger partial charge in [-0.3, -0.25) is 10.1 Å². The van der Waals surface area contributed by atoms with E-state index < -0.39 is 10.9 Å². The zero-order valence-corrected chi connectivity index (χ0v) is 9.46. The summed E-state index contributed by atoms with van der Waals surface area (Å²) in [7, 11) is 0. The minimum Gasteiger partial charge on any atom is -0.462 e. The molecule has 1 aromatic rings. The van der Waals surface area contributed by atoms with E-state index in [1.54, 1.807) is 19.9 Å². The van der Waals surface area contributed by atoms with Gasteiger partial charge in [-0.2, -0.15) is 5.26 Å². The third-order valence-corrected chi connectivity index (χ3v) is 2.88. The average Bonchev–Trinajstić information content (AvgIpc) is 2.55. The van der Waals surface area contributed by atoms with Crippen LogP contribution >= 0.6 is 11.3 Å². The molecule has 0 radical (unpaired) electrons. The van der Waals surface area contributed by atoms with Crippen LogP contribution in [0.4, 0.5) is 5.00 Å². The van der Waals surface area contributed by atoms with Crippen LogP contribution in [-0.4, -0.2) is 17.5 Å². The van der Waals surface area contributed by atoms with Gasteiger partial charge in [-0.25, -0.2) is 4.79 Å². The molecule has 0 aliphatic carbocycles. The first-order chi connectivity index (χ1) is 7.52. The van der Waals surface area contributed by atoms with Crippen molar-refractivity contribution in [2.45, 2.75) is 13.8 Å². The molecule has 0 saturated heterocycles. The Morgan fingerprint density at radius 2 is 2.31 bits per heavy atom. The highest BCUT2D eigenvalue weighted by molar-refractivity contribution is 7.15. The number of esters is 1. The van der Waals surface area contributed by atoms with Crippen molar-refractivity contribution in [1.29, 1.82) is 5.26 Å². The van der Waals surface area contributed by atoms with E-state index in [1.165, 1.54) is 0 Å². The number of carbonyl (C=O) groups excluding carboxylic acids is 1. The maximum Gasteiger partial charge on any atom is 0.347 e. The number of thiophene rings is 1. The molecular formula is C9H8N2O4S. The van der Waals surface area contributed by atoms with Crippen LogP contribution in [0, 0.1) is 28.4 Å². The minimum atomic E-state index is -0.824. The van der Waals surface area contributed by atoms with Crippen LogP contribution in [0.5, 0.6) is 0 Å². The summed E-state index contributed by atoms with van der Waals surface area (Å²) in [6.07, 6.45) is 0. The van der Waals surface area contributed by atoms with Crippen LogP contribution in [0.25, 0.3) is 0 Å². The quantitative estimate of drug-likeness (QED) is 0.457. The summed E-state index contributed by atoms with van der Waals surface area (Å²) >= 11 is 0.805. The Morgan fingerprint density at radius 3 is 2.75 bits per heavy atom.